The SMILES string of the molecule is C[C@@H]1CNCCN1Cc1ccc(F)c(Cl)c1Cl. The molecule has 1 atom stereocenters. The fourth-order valence-corrected chi connectivity index (χ4v) is 2.42. The van der Waals surface area contributed by atoms with Gasteiger partial charge in [0.1, 0.15) is 5.82 Å². The van der Waals surface area contributed by atoms with Crippen molar-refractivity contribution in [2.45, 2.75) is 19.5 Å². The molecule has 0 saturated carbocycles. The molecule has 1 aromatic rings. The summed E-state index contributed by atoms with van der Waals surface area (Å²) >= 11 is 11.9. The van der Waals surface area contributed by atoms with E-state index in [9.17, 15) is 4.39 Å². The van der Waals surface area contributed by atoms with Gasteiger partial charge >= 0.3 is 0 Å². The van der Waals surface area contributed by atoms with Crippen LogP contribution in [0.3, 0.4) is 0 Å². The van der Waals surface area contributed by atoms with Crippen LogP contribution in [0.2, 0.25) is 10.0 Å². The summed E-state index contributed by atoms with van der Waals surface area (Å²) in [6, 6.07) is 3.53. The van der Waals surface area contributed by atoms with E-state index < -0.39 is 5.82 Å². The minimum Gasteiger partial charge on any atom is -0.314 e. The van der Waals surface area contributed by atoms with Crippen LogP contribution in [0.5, 0.6) is 0 Å². The number of halogens is 3. The zero-order valence-electron chi connectivity index (χ0n) is 9.64. The lowest BCUT2D eigenvalue weighted by Crippen LogP contribution is -2.49. The molecule has 1 aromatic carbocycles. The van der Waals surface area contributed by atoms with Crippen molar-refractivity contribution in [3.05, 3.63) is 33.6 Å². The molecule has 17 heavy (non-hydrogen) atoms. The molecular weight excluding hydrogens is 262 g/mol. The maximum Gasteiger partial charge on any atom is 0.143 e. The Balaban J connectivity index is 2.15. The van der Waals surface area contributed by atoms with Crippen molar-refractivity contribution < 1.29 is 4.39 Å². The number of nitrogens with zero attached hydrogens (tertiary/aromatic N) is 1. The van der Waals surface area contributed by atoms with Gasteiger partial charge in [0.25, 0.3) is 0 Å². The molecule has 1 N–H and O–H groups in total. The molecule has 5 heteroatoms. The van der Waals surface area contributed by atoms with Gasteiger partial charge in [0.05, 0.1) is 10.0 Å². The summed E-state index contributed by atoms with van der Waals surface area (Å²) in [5.41, 5.74) is 0.881. The van der Waals surface area contributed by atoms with Gasteiger partial charge in [-0.15, -0.1) is 0 Å². The molecule has 0 unspecified atom stereocenters. The van der Waals surface area contributed by atoms with E-state index in [1.807, 2.05) is 0 Å². The van der Waals surface area contributed by atoms with E-state index >= 15 is 0 Å². The first kappa shape index (κ1) is 13.1. The normalized spacial score (nSPS) is 21.8. The third-order valence-electron chi connectivity index (χ3n) is 3.13. The summed E-state index contributed by atoms with van der Waals surface area (Å²) in [5, 5.41) is 3.68. The summed E-state index contributed by atoms with van der Waals surface area (Å²) in [6.45, 7) is 5.77. The van der Waals surface area contributed by atoms with Crippen LogP contribution < -0.4 is 5.32 Å². The maximum absolute atomic E-state index is 13.2. The highest BCUT2D eigenvalue weighted by molar-refractivity contribution is 6.42. The molecule has 0 amide bonds. The van der Waals surface area contributed by atoms with Crippen molar-refractivity contribution in [3.63, 3.8) is 0 Å². The van der Waals surface area contributed by atoms with Crippen molar-refractivity contribution >= 4 is 23.2 Å². The largest absolute Gasteiger partial charge is 0.314 e. The van der Waals surface area contributed by atoms with Gasteiger partial charge in [-0.2, -0.15) is 0 Å². The second-order valence-electron chi connectivity index (χ2n) is 4.36. The van der Waals surface area contributed by atoms with Crippen LogP contribution in [0.1, 0.15) is 12.5 Å². The predicted octanol–water partition coefficient (Wildman–Crippen LogP) is 2.93. The molecule has 1 aliphatic heterocycles. The third kappa shape index (κ3) is 2.91. The molecule has 1 aliphatic rings. The van der Waals surface area contributed by atoms with Gasteiger partial charge in [0.2, 0.25) is 0 Å². The Labute approximate surface area is 111 Å². The van der Waals surface area contributed by atoms with E-state index in [1.165, 1.54) is 6.07 Å². The molecule has 0 aromatic heterocycles. The van der Waals surface area contributed by atoms with Crippen LogP contribution >= 0.6 is 23.2 Å². The average molecular weight is 277 g/mol. The van der Waals surface area contributed by atoms with Crippen molar-refractivity contribution in [2.75, 3.05) is 19.6 Å². The number of benzene rings is 1. The molecule has 0 bridgehead atoms. The maximum atomic E-state index is 13.2. The zero-order chi connectivity index (χ0) is 12.4. The molecule has 0 spiro atoms. The van der Waals surface area contributed by atoms with Crippen LogP contribution in [0.4, 0.5) is 4.39 Å². The third-order valence-corrected chi connectivity index (χ3v) is 4.03. The second-order valence-corrected chi connectivity index (χ2v) is 5.11. The monoisotopic (exact) mass is 276 g/mol. The lowest BCUT2D eigenvalue weighted by atomic mass is 10.1. The van der Waals surface area contributed by atoms with Crippen molar-refractivity contribution in [2.24, 2.45) is 0 Å². The fourth-order valence-electron chi connectivity index (χ4n) is 2.02. The minimum atomic E-state index is -0.464. The van der Waals surface area contributed by atoms with Crippen LogP contribution in [-0.2, 0) is 6.54 Å². The first-order chi connectivity index (χ1) is 8.09. The lowest BCUT2D eigenvalue weighted by Gasteiger charge is -2.34. The fraction of sp³-hybridized carbons (Fsp3) is 0.500. The van der Waals surface area contributed by atoms with Gasteiger partial charge in [-0.25, -0.2) is 4.39 Å². The van der Waals surface area contributed by atoms with Gasteiger partial charge in [-0.1, -0.05) is 29.3 Å². The molecule has 2 nitrogen and oxygen atoms in total. The molecule has 1 saturated heterocycles. The Morgan fingerprint density at radius 1 is 1.41 bits per heavy atom. The van der Waals surface area contributed by atoms with E-state index in [1.54, 1.807) is 6.07 Å². The zero-order valence-corrected chi connectivity index (χ0v) is 11.2. The van der Waals surface area contributed by atoms with Crippen molar-refractivity contribution in [1.82, 2.24) is 10.2 Å². The Kier molecular flexibility index (Phi) is 4.26. The van der Waals surface area contributed by atoms with Crippen molar-refractivity contribution in [3.8, 4) is 0 Å². The topological polar surface area (TPSA) is 15.3 Å². The number of piperazine rings is 1. The highest BCUT2D eigenvalue weighted by Crippen LogP contribution is 2.29. The van der Waals surface area contributed by atoms with E-state index in [2.05, 4.69) is 17.1 Å². The summed E-state index contributed by atoms with van der Waals surface area (Å²) in [5.74, 6) is -0.464. The van der Waals surface area contributed by atoms with Crippen LogP contribution in [-0.4, -0.2) is 30.6 Å². The number of nitrogens with one attached hydrogen (secondary N) is 1. The van der Waals surface area contributed by atoms with E-state index in [0.29, 0.717) is 17.6 Å². The predicted molar refractivity (Wildman–Crippen MR) is 69.2 cm³/mol. The lowest BCUT2D eigenvalue weighted by molar-refractivity contribution is 0.165. The Morgan fingerprint density at radius 3 is 2.88 bits per heavy atom. The van der Waals surface area contributed by atoms with Gasteiger partial charge in [0.15, 0.2) is 0 Å². The highest BCUT2D eigenvalue weighted by Gasteiger charge is 2.20. The Morgan fingerprint density at radius 2 is 2.18 bits per heavy atom. The molecular formula is C12H15Cl2FN2. The smallest absolute Gasteiger partial charge is 0.143 e. The van der Waals surface area contributed by atoms with E-state index in [0.717, 1.165) is 25.2 Å². The first-order valence-electron chi connectivity index (χ1n) is 5.66. The van der Waals surface area contributed by atoms with Crippen molar-refractivity contribution in [1.29, 1.82) is 0 Å². The quantitative estimate of drug-likeness (QED) is 0.836. The Hall–Kier alpha value is -0.350. The molecule has 0 aliphatic carbocycles. The molecule has 2 rings (SSSR count). The summed E-state index contributed by atoms with van der Waals surface area (Å²) in [6.07, 6.45) is 0. The number of hydrogen-bond acceptors (Lipinski definition) is 2. The summed E-state index contributed by atoms with van der Waals surface area (Å²) < 4.78 is 13.2. The molecule has 1 heterocycles. The summed E-state index contributed by atoms with van der Waals surface area (Å²) in [7, 11) is 0. The number of hydrogen-bond donors (Lipinski definition) is 1. The van der Waals surface area contributed by atoms with Crippen LogP contribution in [0.15, 0.2) is 12.1 Å². The number of rotatable bonds is 2. The van der Waals surface area contributed by atoms with Gasteiger partial charge < -0.3 is 5.32 Å². The van der Waals surface area contributed by atoms with Gasteiger partial charge in [-0.05, 0) is 18.6 Å². The molecule has 94 valence electrons. The minimum absolute atomic E-state index is 0.0203. The van der Waals surface area contributed by atoms with Crippen LogP contribution in [0.25, 0.3) is 0 Å². The van der Waals surface area contributed by atoms with E-state index in [4.69, 9.17) is 23.2 Å². The molecule has 0 radical (unpaired) electrons. The highest BCUT2D eigenvalue weighted by atomic mass is 35.5. The summed E-state index contributed by atoms with van der Waals surface area (Å²) in [4.78, 5) is 2.31. The second kappa shape index (κ2) is 5.53. The molecule has 1 fully saturated rings. The van der Waals surface area contributed by atoms with Gasteiger partial charge in [0, 0.05) is 32.2 Å². The van der Waals surface area contributed by atoms with Crippen LogP contribution in [0, 0.1) is 5.82 Å². The van der Waals surface area contributed by atoms with Gasteiger partial charge in [-0.3, -0.25) is 4.90 Å². The van der Waals surface area contributed by atoms with E-state index in [-0.39, 0.29) is 5.02 Å². The average Bonchev–Trinajstić information content (AvgIpc) is 2.32. The Bertz CT molecular complexity index is 412. The first-order valence-corrected chi connectivity index (χ1v) is 6.42. The standard InChI is InChI=1S/C12H15Cl2FN2/c1-8-6-16-4-5-17(8)7-9-2-3-10(15)12(14)11(9)13/h2-3,8,16H,4-7H2,1H3/t8-/m1/s1.